The van der Waals surface area contributed by atoms with E-state index in [2.05, 4.69) is 4.98 Å². The van der Waals surface area contributed by atoms with Crippen LogP contribution in [0.2, 0.25) is 0 Å². The molecule has 11 nitrogen and oxygen atoms in total. The van der Waals surface area contributed by atoms with Crippen molar-refractivity contribution in [1.82, 2.24) is 9.88 Å². The van der Waals surface area contributed by atoms with E-state index in [0.717, 1.165) is 52.2 Å². The van der Waals surface area contributed by atoms with E-state index in [0.29, 0.717) is 43.1 Å². The number of carbonyl (C=O) groups is 3. The molecular weight excluding hydrogens is 688 g/mol. The molecule has 2 heterocycles. The number of aliphatic carboxylic acids is 1. The summed E-state index contributed by atoms with van der Waals surface area (Å²) in [6, 6.07) is 26.3. The van der Waals surface area contributed by atoms with Gasteiger partial charge in [0.25, 0.3) is 5.91 Å². The topological polar surface area (TPSA) is 149 Å². The third-order valence-electron chi connectivity index (χ3n) is 10.2. The lowest BCUT2D eigenvalue weighted by Crippen LogP contribution is -2.43. The first-order valence-corrected chi connectivity index (χ1v) is 18.3. The van der Waals surface area contributed by atoms with Gasteiger partial charge in [0.2, 0.25) is 5.89 Å². The number of carboxylic acids is 1. The highest BCUT2D eigenvalue weighted by atomic mass is 17.2. The molecule has 1 aliphatic heterocycles. The van der Waals surface area contributed by atoms with Gasteiger partial charge in [-0.25, -0.2) is 9.78 Å². The summed E-state index contributed by atoms with van der Waals surface area (Å²) in [5.41, 5.74) is 3.29. The first-order valence-electron chi connectivity index (χ1n) is 18.3. The van der Waals surface area contributed by atoms with E-state index >= 15 is 0 Å². The summed E-state index contributed by atoms with van der Waals surface area (Å²) in [4.78, 5) is 56.8. The van der Waals surface area contributed by atoms with Gasteiger partial charge >= 0.3 is 11.9 Å². The van der Waals surface area contributed by atoms with Gasteiger partial charge in [-0.1, -0.05) is 73.2 Å². The molecule has 2 atom stereocenters. The molecule has 11 heteroatoms. The van der Waals surface area contributed by atoms with E-state index < -0.39 is 53.7 Å². The second-order valence-electron chi connectivity index (χ2n) is 13.9. The first-order chi connectivity index (χ1) is 26.2. The minimum atomic E-state index is -1.37. The molecule has 0 spiro atoms. The Kier molecular flexibility index (Phi) is 11.1. The Hall–Kier alpha value is -5.94. The molecule has 1 amide bonds. The molecule has 5 aromatic rings. The number of oxazole rings is 1. The maximum atomic E-state index is 14.6. The fourth-order valence-corrected chi connectivity index (χ4v) is 7.27. The third kappa shape index (κ3) is 8.31. The van der Waals surface area contributed by atoms with E-state index in [1.165, 1.54) is 4.90 Å². The molecule has 7 rings (SSSR count). The molecule has 1 aromatic heterocycles. The van der Waals surface area contributed by atoms with Crippen molar-refractivity contribution in [2.75, 3.05) is 0 Å². The lowest BCUT2D eigenvalue weighted by molar-refractivity contribution is -0.194. The van der Waals surface area contributed by atoms with Crippen LogP contribution < -0.4 is 4.89 Å². The minimum absolute atomic E-state index is 0.0445. The number of benzene rings is 4. The number of para-hydroxylation sites is 2. The smallest absolute Gasteiger partial charge is 0.338 e. The Labute approximate surface area is 312 Å². The van der Waals surface area contributed by atoms with Gasteiger partial charge < -0.3 is 29.2 Å². The maximum Gasteiger partial charge on any atom is 0.338 e. The Morgan fingerprint density at radius 3 is 2.52 bits per heavy atom. The number of esters is 1. The number of ether oxygens (including phenoxy) is 1. The molecule has 0 radical (unpaired) electrons. The van der Waals surface area contributed by atoms with Crippen molar-refractivity contribution in [3.05, 3.63) is 125 Å². The summed E-state index contributed by atoms with van der Waals surface area (Å²) in [6.07, 6.45) is 6.87. The molecule has 0 saturated heterocycles. The van der Waals surface area contributed by atoms with Crippen LogP contribution in [-0.4, -0.2) is 50.1 Å². The number of aliphatic hydroxyl groups is 1. The number of carboxylic acid groups (broad SMARTS) is 1. The Morgan fingerprint density at radius 1 is 0.944 bits per heavy atom. The average molecular weight is 731 g/mol. The van der Waals surface area contributed by atoms with Crippen molar-refractivity contribution in [3.63, 3.8) is 0 Å². The standard InChI is InChI=1S/C43H42N2O9/c1-27(34(31-20-21-32-26-51-54-38(32)23-31)14-9-17-39-44-36-15-7-8-16-37(36)53-39)45(25-28-18-19-29-10-5-6-11-30(29)22-28)42(49)41(48)35(24-40(46)47)43(50)52-33-12-3-2-4-13-33/h5-11,15-23,27,33-34,48H,2-4,12-14,24-26H2,1H3,(H,46,47)/b17-9+,41-35+/t27-,34+/m1/s1. The molecule has 4 aromatic carbocycles. The Morgan fingerprint density at radius 2 is 1.72 bits per heavy atom. The zero-order valence-corrected chi connectivity index (χ0v) is 30.0. The number of amides is 1. The average Bonchev–Trinajstić information content (AvgIpc) is 3.84. The molecular formula is C43H42N2O9. The lowest BCUT2D eigenvalue weighted by Gasteiger charge is -2.35. The number of hydrogen-bond acceptors (Lipinski definition) is 9. The molecule has 1 aliphatic carbocycles. The largest absolute Gasteiger partial charge is 0.503 e. The van der Waals surface area contributed by atoms with Crippen LogP contribution in [0.4, 0.5) is 0 Å². The Balaban J connectivity index is 1.27. The molecule has 2 N–H and O–H groups in total. The van der Waals surface area contributed by atoms with Crippen molar-refractivity contribution >= 4 is 45.8 Å². The van der Waals surface area contributed by atoms with E-state index in [1.54, 1.807) is 6.08 Å². The van der Waals surface area contributed by atoms with Gasteiger partial charge in [0.05, 0.1) is 12.0 Å². The number of rotatable bonds is 13. The molecule has 2 aliphatic rings. The van der Waals surface area contributed by atoms with E-state index in [9.17, 15) is 24.6 Å². The number of aromatic nitrogens is 1. The van der Waals surface area contributed by atoms with Crippen molar-refractivity contribution in [1.29, 1.82) is 0 Å². The molecule has 0 unspecified atom stereocenters. The summed E-state index contributed by atoms with van der Waals surface area (Å²) < 4.78 is 11.6. The SMILES string of the molecule is C[C@H]([C@H](C/C=C/c1nc2ccccc2o1)c1ccc2c(c1)OOC2)N(Cc1ccc2ccccc2c1)C(=O)/C(O)=C(/CC(=O)O)C(=O)OC1CCCCC1. The van der Waals surface area contributed by atoms with Crippen LogP contribution in [0.25, 0.3) is 27.9 Å². The normalized spacial score (nSPS) is 16.1. The van der Waals surface area contributed by atoms with Gasteiger partial charge in [0, 0.05) is 24.1 Å². The summed E-state index contributed by atoms with van der Waals surface area (Å²) in [7, 11) is 0. The van der Waals surface area contributed by atoms with Crippen LogP contribution in [-0.2, 0) is 37.2 Å². The van der Waals surface area contributed by atoms with Crippen LogP contribution in [0.1, 0.15) is 80.4 Å². The van der Waals surface area contributed by atoms with Crippen molar-refractivity contribution < 1.29 is 43.5 Å². The fourth-order valence-electron chi connectivity index (χ4n) is 7.27. The quantitative estimate of drug-likeness (QED) is 0.0522. The lowest BCUT2D eigenvalue weighted by atomic mass is 9.87. The summed E-state index contributed by atoms with van der Waals surface area (Å²) in [5.74, 6) is -3.61. The Bertz CT molecular complexity index is 2200. The van der Waals surface area contributed by atoms with Crippen LogP contribution in [0.15, 0.2) is 107 Å². The van der Waals surface area contributed by atoms with Gasteiger partial charge in [-0.2, -0.15) is 4.89 Å². The zero-order chi connectivity index (χ0) is 37.6. The second-order valence-corrected chi connectivity index (χ2v) is 13.9. The molecule has 54 heavy (non-hydrogen) atoms. The highest BCUT2D eigenvalue weighted by Crippen LogP contribution is 2.36. The third-order valence-corrected chi connectivity index (χ3v) is 10.2. The van der Waals surface area contributed by atoms with Gasteiger partial charge in [-0.05, 0) is 91.3 Å². The van der Waals surface area contributed by atoms with Crippen LogP contribution in [0, 0.1) is 0 Å². The number of allylic oxidation sites excluding steroid dienone is 1. The summed E-state index contributed by atoms with van der Waals surface area (Å²) >= 11 is 0. The van der Waals surface area contributed by atoms with Crippen molar-refractivity contribution in [2.45, 2.75) is 83.1 Å². The van der Waals surface area contributed by atoms with Crippen LogP contribution in [0.3, 0.4) is 0 Å². The highest BCUT2D eigenvalue weighted by molar-refractivity contribution is 6.03. The highest BCUT2D eigenvalue weighted by Gasteiger charge is 2.35. The van der Waals surface area contributed by atoms with E-state index in [1.807, 2.05) is 97.9 Å². The van der Waals surface area contributed by atoms with E-state index in [4.69, 9.17) is 18.9 Å². The van der Waals surface area contributed by atoms with Crippen LogP contribution in [0.5, 0.6) is 5.75 Å². The maximum absolute atomic E-state index is 14.6. The first kappa shape index (κ1) is 36.4. The predicted molar refractivity (Wildman–Crippen MR) is 201 cm³/mol. The van der Waals surface area contributed by atoms with Gasteiger partial charge in [-0.3, -0.25) is 9.59 Å². The van der Waals surface area contributed by atoms with Gasteiger partial charge in [-0.15, -0.1) is 0 Å². The number of hydrogen-bond donors (Lipinski definition) is 2. The van der Waals surface area contributed by atoms with Gasteiger partial charge in [0.1, 0.15) is 18.2 Å². The number of nitrogens with zero attached hydrogens (tertiary/aromatic N) is 2. The second kappa shape index (κ2) is 16.4. The van der Waals surface area contributed by atoms with Gasteiger partial charge in [0.15, 0.2) is 17.1 Å². The van der Waals surface area contributed by atoms with Crippen molar-refractivity contribution in [3.8, 4) is 5.75 Å². The fraction of sp³-hybridized carbons (Fsp3) is 0.302. The molecule has 0 bridgehead atoms. The molecule has 278 valence electrons. The number of carbonyl (C=O) groups excluding carboxylic acids is 2. The monoisotopic (exact) mass is 730 g/mol. The van der Waals surface area contributed by atoms with Crippen molar-refractivity contribution in [2.24, 2.45) is 0 Å². The predicted octanol–water partition coefficient (Wildman–Crippen LogP) is 8.57. The number of fused-ring (bicyclic) bond motifs is 3. The van der Waals surface area contributed by atoms with E-state index in [-0.39, 0.29) is 6.54 Å². The molecule has 1 saturated carbocycles. The summed E-state index contributed by atoms with van der Waals surface area (Å²) in [5, 5.41) is 23.4. The van der Waals surface area contributed by atoms with Crippen LogP contribution >= 0.6 is 0 Å². The molecule has 1 fully saturated rings. The minimum Gasteiger partial charge on any atom is -0.503 e. The number of aliphatic hydroxyl groups excluding tert-OH is 1. The summed E-state index contributed by atoms with van der Waals surface area (Å²) in [6.45, 7) is 2.22. The zero-order valence-electron chi connectivity index (χ0n) is 30.0.